The largest absolute Gasteiger partial charge is 0.465 e. The maximum absolute atomic E-state index is 11.6. The Balaban J connectivity index is 3.65. The van der Waals surface area contributed by atoms with E-state index in [1.165, 1.54) is 12.8 Å². The molecular formula is C17H30O4. The van der Waals surface area contributed by atoms with Crippen molar-refractivity contribution >= 4 is 11.9 Å². The molecule has 21 heavy (non-hydrogen) atoms. The SMILES string of the molecule is C=CCCOC(=O)CCCC(=O)OCC(CC)CCCC. The van der Waals surface area contributed by atoms with Gasteiger partial charge in [0.25, 0.3) is 0 Å². The third-order valence-corrected chi connectivity index (χ3v) is 3.37. The van der Waals surface area contributed by atoms with Crippen molar-refractivity contribution in [3.05, 3.63) is 12.7 Å². The Bertz CT molecular complexity index is 299. The molecule has 0 aliphatic rings. The quantitative estimate of drug-likeness (QED) is 0.292. The average molecular weight is 298 g/mol. The Hall–Kier alpha value is -1.32. The molecule has 0 aromatic carbocycles. The normalized spacial score (nSPS) is 11.7. The number of unbranched alkanes of at least 4 members (excludes halogenated alkanes) is 1. The molecule has 4 heteroatoms. The predicted molar refractivity (Wildman–Crippen MR) is 83.9 cm³/mol. The molecule has 1 unspecified atom stereocenters. The summed E-state index contributed by atoms with van der Waals surface area (Å²) in [4.78, 5) is 22.9. The van der Waals surface area contributed by atoms with Gasteiger partial charge >= 0.3 is 11.9 Å². The van der Waals surface area contributed by atoms with Crippen LogP contribution in [0.25, 0.3) is 0 Å². The zero-order valence-corrected chi connectivity index (χ0v) is 13.6. The molecule has 0 rings (SSSR count). The van der Waals surface area contributed by atoms with Crippen LogP contribution in [-0.2, 0) is 19.1 Å². The van der Waals surface area contributed by atoms with E-state index in [0.29, 0.717) is 32.0 Å². The Morgan fingerprint density at radius 1 is 1.10 bits per heavy atom. The lowest BCUT2D eigenvalue weighted by Crippen LogP contribution is -2.14. The van der Waals surface area contributed by atoms with Crippen molar-refractivity contribution in [3.63, 3.8) is 0 Å². The second-order valence-corrected chi connectivity index (χ2v) is 5.25. The summed E-state index contributed by atoms with van der Waals surface area (Å²) >= 11 is 0. The van der Waals surface area contributed by atoms with Crippen LogP contribution < -0.4 is 0 Å². The molecule has 1 atom stereocenters. The molecule has 0 bridgehead atoms. The van der Waals surface area contributed by atoms with E-state index >= 15 is 0 Å². The number of ether oxygens (including phenoxy) is 2. The number of carbonyl (C=O) groups is 2. The molecule has 0 aromatic rings. The Morgan fingerprint density at radius 2 is 1.76 bits per heavy atom. The predicted octanol–water partition coefficient (Wildman–Crippen LogP) is 4.04. The van der Waals surface area contributed by atoms with E-state index in [2.05, 4.69) is 20.4 Å². The lowest BCUT2D eigenvalue weighted by atomic mass is 10.0. The third-order valence-electron chi connectivity index (χ3n) is 3.37. The molecule has 0 spiro atoms. The summed E-state index contributed by atoms with van der Waals surface area (Å²) in [6.07, 6.45) is 7.86. The van der Waals surface area contributed by atoms with Crippen LogP contribution in [0.2, 0.25) is 0 Å². The van der Waals surface area contributed by atoms with Crippen LogP contribution in [0.3, 0.4) is 0 Å². The van der Waals surface area contributed by atoms with Gasteiger partial charge in [-0.3, -0.25) is 9.59 Å². The van der Waals surface area contributed by atoms with Gasteiger partial charge in [-0.1, -0.05) is 39.2 Å². The smallest absolute Gasteiger partial charge is 0.305 e. The molecule has 0 radical (unpaired) electrons. The van der Waals surface area contributed by atoms with Crippen molar-refractivity contribution in [2.75, 3.05) is 13.2 Å². The molecule has 4 nitrogen and oxygen atoms in total. The molecule has 0 N–H and O–H groups in total. The summed E-state index contributed by atoms with van der Waals surface area (Å²) in [5, 5.41) is 0. The number of hydrogen-bond donors (Lipinski definition) is 0. The van der Waals surface area contributed by atoms with Gasteiger partial charge in [-0.15, -0.1) is 6.58 Å². The molecule has 0 amide bonds. The highest BCUT2D eigenvalue weighted by Crippen LogP contribution is 2.13. The van der Waals surface area contributed by atoms with Crippen molar-refractivity contribution in [2.45, 2.75) is 65.2 Å². The van der Waals surface area contributed by atoms with Crippen molar-refractivity contribution < 1.29 is 19.1 Å². The van der Waals surface area contributed by atoms with E-state index < -0.39 is 0 Å². The minimum atomic E-state index is -0.265. The fourth-order valence-corrected chi connectivity index (χ4v) is 1.89. The van der Waals surface area contributed by atoms with Crippen molar-refractivity contribution in [1.82, 2.24) is 0 Å². The van der Waals surface area contributed by atoms with Gasteiger partial charge in [0, 0.05) is 12.8 Å². The highest BCUT2D eigenvalue weighted by Gasteiger charge is 2.11. The van der Waals surface area contributed by atoms with Crippen LogP contribution >= 0.6 is 0 Å². The molecule has 0 aromatic heterocycles. The Labute approximate surface area is 128 Å². The first-order chi connectivity index (χ1) is 10.1. The van der Waals surface area contributed by atoms with Gasteiger partial charge in [-0.2, -0.15) is 0 Å². The van der Waals surface area contributed by atoms with E-state index in [-0.39, 0.29) is 24.8 Å². The van der Waals surface area contributed by atoms with Crippen LogP contribution in [0.4, 0.5) is 0 Å². The van der Waals surface area contributed by atoms with Gasteiger partial charge in [0.15, 0.2) is 0 Å². The summed E-state index contributed by atoms with van der Waals surface area (Å²) in [5.74, 6) is -0.0272. The summed E-state index contributed by atoms with van der Waals surface area (Å²) < 4.78 is 10.2. The Morgan fingerprint density at radius 3 is 2.33 bits per heavy atom. The summed E-state index contributed by atoms with van der Waals surface area (Å²) in [5.41, 5.74) is 0. The van der Waals surface area contributed by atoms with E-state index in [9.17, 15) is 9.59 Å². The minimum absolute atomic E-state index is 0.219. The molecule has 0 saturated heterocycles. The maximum atomic E-state index is 11.6. The minimum Gasteiger partial charge on any atom is -0.465 e. The summed E-state index contributed by atoms with van der Waals surface area (Å²) in [7, 11) is 0. The van der Waals surface area contributed by atoms with E-state index in [0.717, 1.165) is 12.8 Å². The van der Waals surface area contributed by atoms with E-state index in [4.69, 9.17) is 9.47 Å². The fraction of sp³-hybridized carbons (Fsp3) is 0.765. The zero-order chi connectivity index (χ0) is 15.9. The first-order valence-corrected chi connectivity index (χ1v) is 8.06. The maximum Gasteiger partial charge on any atom is 0.305 e. The monoisotopic (exact) mass is 298 g/mol. The second kappa shape index (κ2) is 13.7. The average Bonchev–Trinajstić information content (AvgIpc) is 2.47. The number of esters is 2. The lowest BCUT2D eigenvalue weighted by Gasteiger charge is -2.14. The van der Waals surface area contributed by atoms with Gasteiger partial charge in [0.05, 0.1) is 13.2 Å². The van der Waals surface area contributed by atoms with Crippen molar-refractivity contribution in [3.8, 4) is 0 Å². The molecule has 122 valence electrons. The van der Waals surface area contributed by atoms with Crippen molar-refractivity contribution in [1.29, 1.82) is 0 Å². The molecule has 0 heterocycles. The van der Waals surface area contributed by atoms with Crippen LogP contribution in [-0.4, -0.2) is 25.2 Å². The number of hydrogen-bond acceptors (Lipinski definition) is 4. The van der Waals surface area contributed by atoms with Gasteiger partial charge in [0.2, 0.25) is 0 Å². The van der Waals surface area contributed by atoms with Gasteiger partial charge in [-0.05, 0) is 25.2 Å². The first-order valence-electron chi connectivity index (χ1n) is 8.06. The number of carbonyl (C=O) groups excluding carboxylic acids is 2. The van der Waals surface area contributed by atoms with Gasteiger partial charge < -0.3 is 9.47 Å². The lowest BCUT2D eigenvalue weighted by molar-refractivity contribution is -0.146. The summed E-state index contributed by atoms with van der Waals surface area (Å²) in [6, 6.07) is 0. The van der Waals surface area contributed by atoms with Gasteiger partial charge in [0.1, 0.15) is 0 Å². The first kappa shape index (κ1) is 19.7. The molecule has 0 saturated carbocycles. The zero-order valence-electron chi connectivity index (χ0n) is 13.6. The Kier molecular flexibility index (Phi) is 12.8. The molecule has 0 fully saturated rings. The second-order valence-electron chi connectivity index (χ2n) is 5.25. The molecular weight excluding hydrogens is 268 g/mol. The van der Waals surface area contributed by atoms with E-state index in [1.807, 2.05) is 0 Å². The standard InChI is InChI=1S/C17H30O4/c1-4-7-10-15(6-3)14-21-17(19)12-9-11-16(18)20-13-8-5-2/h5,15H,2,4,6-14H2,1,3H3. The van der Waals surface area contributed by atoms with Crippen LogP contribution in [0.5, 0.6) is 0 Å². The van der Waals surface area contributed by atoms with Crippen LogP contribution in [0, 0.1) is 5.92 Å². The van der Waals surface area contributed by atoms with Crippen LogP contribution in [0.15, 0.2) is 12.7 Å². The number of rotatable bonds is 13. The highest BCUT2D eigenvalue weighted by molar-refractivity contribution is 5.72. The fourth-order valence-electron chi connectivity index (χ4n) is 1.89. The third kappa shape index (κ3) is 12.2. The molecule has 0 aliphatic heterocycles. The van der Waals surface area contributed by atoms with Crippen molar-refractivity contribution in [2.24, 2.45) is 5.92 Å². The van der Waals surface area contributed by atoms with E-state index in [1.54, 1.807) is 6.08 Å². The summed E-state index contributed by atoms with van der Waals surface area (Å²) in [6.45, 7) is 8.69. The highest BCUT2D eigenvalue weighted by atomic mass is 16.5. The van der Waals surface area contributed by atoms with Crippen LogP contribution in [0.1, 0.15) is 65.2 Å². The topological polar surface area (TPSA) is 52.6 Å². The van der Waals surface area contributed by atoms with Gasteiger partial charge in [-0.25, -0.2) is 0 Å². The molecule has 0 aliphatic carbocycles.